The highest BCUT2D eigenvalue weighted by molar-refractivity contribution is 7.93. The Hall–Kier alpha value is -2.56. The van der Waals surface area contributed by atoms with Crippen LogP contribution in [0.3, 0.4) is 0 Å². The number of sulfonamides is 1. The van der Waals surface area contributed by atoms with E-state index in [9.17, 15) is 34.1 Å². The van der Waals surface area contributed by atoms with Gasteiger partial charge in [0.1, 0.15) is 30.5 Å². The van der Waals surface area contributed by atoms with Crippen molar-refractivity contribution in [3.05, 3.63) is 46.9 Å². The highest BCUT2D eigenvalue weighted by Crippen LogP contribution is 2.26. The van der Waals surface area contributed by atoms with E-state index in [0.717, 1.165) is 29.5 Å². The number of fused-ring (bicyclic) bond motifs is 1. The van der Waals surface area contributed by atoms with E-state index >= 15 is 0 Å². The van der Waals surface area contributed by atoms with E-state index in [1.165, 1.54) is 25.3 Å². The van der Waals surface area contributed by atoms with Crippen LogP contribution in [0.5, 0.6) is 0 Å². The van der Waals surface area contributed by atoms with Crippen LogP contribution in [0.2, 0.25) is 0 Å². The zero-order chi connectivity index (χ0) is 25.2. The number of allylic oxidation sites excluding steroid dienone is 1. The minimum atomic E-state index is -4.29. The van der Waals surface area contributed by atoms with Gasteiger partial charge in [-0.15, -0.1) is 0 Å². The molecule has 0 radical (unpaired) electrons. The van der Waals surface area contributed by atoms with E-state index in [1.807, 2.05) is 18.2 Å². The first-order chi connectivity index (χ1) is 16.7. The maximum Gasteiger partial charge on any atom is 0.250 e. The van der Waals surface area contributed by atoms with Crippen LogP contribution in [0, 0.1) is 11.3 Å². The second-order valence-corrected chi connectivity index (χ2v) is 10.6. The Bertz CT molecular complexity index is 1240. The molecule has 10 nitrogen and oxygen atoms in total. The molecular weight excluding hydrogens is 474 g/mol. The maximum atomic E-state index is 12.7. The normalized spacial score (nSPS) is 28.1. The van der Waals surface area contributed by atoms with Crippen LogP contribution in [0.15, 0.2) is 41.3 Å². The quantitative estimate of drug-likeness (QED) is 0.351. The molecule has 2 aromatic carbocycles. The molecule has 2 aliphatic rings. The maximum absolute atomic E-state index is 12.7. The fraction of sp³-hybridized carbons (Fsp3) is 0.458. The number of nitrogens with zero attached hydrogens (tertiary/aromatic N) is 2. The minimum Gasteiger partial charge on any atom is -0.388 e. The fourth-order valence-corrected chi connectivity index (χ4v) is 5.33. The molecule has 4 rings (SSSR count). The molecule has 0 aromatic heterocycles. The van der Waals surface area contributed by atoms with Gasteiger partial charge in [-0.3, -0.25) is 0 Å². The number of hydrogen-bond donors (Lipinski definition) is 5. The van der Waals surface area contributed by atoms with Gasteiger partial charge in [-0.1, -0.05) is 18.2 Å². The zero-order valence-corrected chi connectivity index (χ0v) is 19.8. The molecule has 188 valence electrons. The van der Waals surface area contributed by atoms with Crippen molar-refractivity contribution in [3.8, 4) is 6.07 Å². The summed E-state index contributed by atoms with van der Waals surface area (Å²) in [6.07, 6.45) is -3.35. The van der Waals surface area contributed by atoms with Gasteiger partial charge in [0.15, 0.2) is 11.2 Å². The smallest absolute Gasteiger partial charge is 0.250 e. The molecule has 5 N–H and O–H groups in total. The number of anilines is 1. The molecule has 35 heavy (non-hydrogen) atoms. The van der Waals surface area contributed by atoms with Crippen LogP contribution in [0.25, 0.3) is 16.8 Å². The molecule has 0 bridgehead atoms. The van der Waals surface area contributed by atoms with Crippen molar-refractivity contribution in [1.29, 1.82) is 5.26 Å². The summed E-state index contributed by atoms with van der Waals surface area (Å²) in [5.41, 5.74) is 1.67. The van der Waals surface area contributed by atoms with E-state index in [4.69, 9.17) is 4.74 Å². The van der Waals surface area contributed by atoms with Crippen LogP contribution in [-0.4, -0.2) is 79.2 Å². The molecule has 0 amide bonds. The molecule has 2 fully saturated rings. The molecular formula is C24H29N3O7S. The molecule has 0 saturated carbocycles. The number of benzene rings is 2. The summed E-state index contributed by atoms with van der Waals surface area (Å²) in [5.74, 6) is 0. The van der Waals surface area contributed by atoms with Crippen molar-refractivity contribution in [2.24, 2.45) is 0 Å². The minimum absolute atomic E-state index is 0.521. The molecule has 0 spiro atoms. The van der Waals surface area contributed by atoms with Gasteiger partial charge >= 0.3 is 0 Å². The lowest BCUT2D eigenvalue weighted by molar-refractivity contribution is -0.279. The molecule has 2 aliphatic heterocycles. The number of nitriles is 1. The van der Waals surface area contributed by atoms with Gasteiger partial charge in [0.2, 0.25) is 0 Å². The highest BCUT2D eigenvalue weighted by Gasteiger charge is 2.43. The Balaban J connectivity index is 1.49. The molecule has 2 saturated heterocycles. The van der Waals surface area contributed by atoms with E-state index in [0.29, 0.717) is 5.56 Å². The first-order valence-electron chi connectivity index (χ1n) is 11.5. The Morgan fingerprint density at radius 3 is 2.43 bits per heavy atom. The molecule has 0 aliphatic carbocycles. The van der Waals surface area contributed by atoms with E-state index in [-0.39, 0.29) is 0 Å². The lowest BCUT2D eigenvalue weighted by atomic mass is 9.99. The third kappa shape index (κ3) is 5.65. The summed E-state index contributed by atoms with van der Waals surface area (Å²) >= 11 is 0. The summed E-state index contributed by atoms with van der Waals surface area (Å²) < 4.78 is 32.5. The Morgan fingerprint density at radius 2 is 1.71 bits per heavy atom. The third-order valence-corrected chi connectivity index (χ3v) is 7.76. The van der Waals surface area contributed by atoms with Crippen molar-refractivity contribution >= 4 is 32.6 Å². The summed E-state index contributed by atoms with van der Waals surface area (Å²) in [6, 6.07) is 13.2. The molecule has 11 heteroatoms. The summed E-state index contributed by atoms with van der Waals surface area (Å²) in [4.78, 5) is 1.81. The van der Waals surface area contributed by atoms with E-state index in [2.05, 4.69) is 15.7 Å². The lowest BCUT2D eigenvalue weighted by Gasteiger charge is -2.38. The number of hydrogen-bond acceptors (Lipinski definition) is 9. The third-order valence-electron chi connectivity index (χ3n) is 6.43. The van der Waals surface area contributed by atoms with E-state index in [1.54, 1.807) is 18.2 Å². The van der Waals surface area contributed by atoms with Gasteiger partial charge in [-0.25, -0.2) is 13.1 Å². The molecule has 2 heterocycles. The number of aliphatic hydroxyl groups is 4. The summed E-state index contributed by atoms with van der Waals surface area (Å²) in [6.45, 7) is 1.54. The van der Waals surface area contributed by atoms with Crippen molar-refractivity contribution in [1.82, 2.24) is 4.72 Å². The first-order valence-corrected chi connectivity index (χ1v) is 13.0. The van der Waals surface area contributed by atoms with Crippen molar-refractivity contribution < 1.29 is 33.6 Å². The molecule has 5 atom stereocenters. The predicted molar refractivity (Wildman–Crippen MR) is 129 cm³/mol. The molecule has 1 unspecified atom stereocenters. The average Bonchev–Trinajstić information content (AvgIpc) is 2.87. The zero-order valence-electron chi connectivity index (χ0n) is 19.0. The SMILES string of the molecule is N#C/C(=C\c1ccc2cc(N3CCCCC3)ccc2c1)S(=O)(=O)NC[C@H]1OC(O)[C@H](O)[C@@H](O)[C@@H]1O. The van der Waals surface area contributed by atoms with Gasteiger partial charge in [-0.05, 0) is 59.9 Å². The van der Waals surface area contributed by atoms with Gasteiger partial charge in [0, 0.05) is 25.3 Å². The topological polar surface area (TPSA) is 163 Å². The van der Waals surface area contributed by atoms with Gasteiger partial charge in [-0.2, -0.15) is 5.26 Å². The van der Waals surface area contributed by atoms with E-state index < -0.39 is 52.2 Å². The summed E-state index contributed by atoms with van der Waals surface area (Å²) in [7, 11) is -4.29. The first kappa shape index (κ1) is 25.5. The van der Waals surface area contributed by atoms with Crippen molar-refractivity contribution in [2.45, 2.75) is 50.0 Å². The van der Waals surface area contributed by atoms with Crippen molar-refractivity contribution in [3.63, 3.8) is 0 Å². The number of rotatable bonds is 6. The Morgan fingerprint density at radius 1 is 1.03 bits per heavy atom. The Kier molecular flexibility index (Phi) is 7.73. The fourth-order valence-electron chi connectivity index (χ4n) is 4.38. The molecule has 2 aromatic rings. The largest absolute Gasteiger partial charge is 0.388 e. The predicted octanol–water partition coefficient (Wildman–Crippen LogP) is 0.414. The lowest BCUT2D eigenvalue weighted by Crippen LogP contribution is -2.59. The number of ether oxygens (including phenoxy) is 1. The number of aliphatic hydroxyl groups excluding tert-OH is 4. The van der Waals surface area contributed by atoms with Crippen LogP contribution in [0.1, 0.15) is 24.8 Å². The van der Waals surface area contributed by atoms with Crippen LogP contribution in [-0.2, 0) is 14.8 Å². The van der Waals surface area contributed by atoms with Crippen LogP contribution < -0.4 is 9.62 Å². The second kappa shape index (κ2) is 10.6. The monoisotopic (exact) mass is 503 g/mol. The van der Waals surface area contributed by atoms with Gasteiger partial charge in [0.05, 0.1) is 0 Å². The van der Waals surface area contributed by atoms with Crippen LogP contribution in [0.4, 0.5) is 5.69 Å². The van der Waals surface area contributed by atoms with Gasteiger partial charge < -0.3 is 30.1 Å². The summed E-state index contributed by atoms with van der Waals surface area (Å²) in [5, 5.41) is 50.3. The van der Waals surface area contributed by atoms with Crippen LogP contribution >= 0.6 is 0 Å². The number of nitrogens with one attached hydrogen (secondary N) is 1. The van der Waals surface area contributed by atoms with Crippen molar-refractivity contribution in [2.75, 3.05) is 24.5 Å². The standard InChI is InChI=1S/C24H29N3O7S/c25-13-19(35(32,33)26-14-20-21(28)22(29)23(30)24(31)34-20)11-15-4-5-17-12-18(7-6-16(17)10-15)27-8-2-1-3-9-27/h4-7,10-12,20-24,26,28-31H,1-3,8-9,14H2/b19-11+/t20-,21-,22+,23-,24?/m1/s1. The average molecular weight is 504 g/mol. The Labute approximate surface area is 203 Å². The highest BCUT2D eigenvalue weighted by atomic mass is 32.2. The second-order valence-electron chi connectivity index (χ2n) is 8.85. The van der Waals surface area contributed by atoms with Gasteiger partial charge in [0.25, 0.3) is 10.0 Å². The number of piperidine rings is 1.